The third kappa shape index (κ3) is 6.14. The van der Waals surface area contributed by atoms with Crippen LogP contribution in [0.4, 0.5) is 0 Å². The molecule has 3 aromatic carbocycles. The fraction of sp³-hybridized carbons (Fsp3) is 0.286. The molecule has 3 nitrogen and oxygen atoms in total. The number of esters is 1. The molecular weight excluding hydrogens is 384 g/mol. The Kier molecular flexibility index (Phi) is 7.06. The molecule has 0 heterocycles. The molecule has 3 aromatic rings. The van der Waals surface area contributed by atoms with Crippen LogP contribution < -0.4 is 0 Å². The maximum absolute atomic E-state index is 13.4. The highest BCUT2D eigenvalue weighted by Gasteiger charge is 2.36. The van der Waals surface area contributed by atoms with Crippen LogP contribution in [0.15, 0.2) is 84.9 Å². The van der Waals surface area contributed by atoms with E-state index in [2.05, 4.69) is 0 Å². The van der Waals surface area contributed by atoms with E-state index in [1.54, 1.807) is 0 Å². The summed E-state index contributed by atoms with van der Waals surface area (Å²) in [7, 11) is 0. The predicted octanol–water partition coefficient (Wildman–Crippen LogP) is 6.48. The molecule has 0 spiro atoms. The van der Waals surface area contributed by atoms with Gasteiger partial charge < -0.3 is 4.74 Å². The molecule has 0 saturated carbocycles. The van der Waals surface area contributed by atoms with E-state index in [1.165, 1.54) is 0 Å². The first-order valence-corrected chi connectivity index (χ1v) is 10.7. The average molecular weight is 415 g/mol. The van der Waals surface area contributed by atoms with Crippen LogP contribution in [-0.2, 0) is 9.53 Å². The molecule has 3 heteroatoms. The molecule has 3 rings (SSSR count). The van der Waals surface area contributed by atoms with Crippen molar-refractivity contribution in [2.24, 2.45) is 0 Å². The maximum Gasteiger partial charge on any atom is 0.314 e. The van der Waals surface area contributed by atoms with Gasteiger partial charge in [-0.15, -0.1) is 0 Å². The predicted molar refractivity (Wildman–Crippen MR) is 124 cm³/mol. The lowest BCUT2D eigenvalue weighted by Gasteiger charge is -2.30. The van der Waals surface area contributed by atoms with Crippen LogP contribution in [0.3, 0.4) is 0 Å². The second-order valence-corrected chi connectivity index (χ2v) is 8.93. The van der Waals surface area contributed by atoms with E-state index >= 15 is 0 Å². The third-order valence-corrected chi connectivity index (χ3v) is 5.23. The van der Waals surface area contributed by atoms with Gasteiger partial charge in [0.1, 0.15) is 5.60 Å². The largest absolute Gasteiger partial charge is 0.459 e. The van der Waals surface area contributed by atoms with Gasteiger partial charge in [0.2, 0.25) is 0 Å². The van der Waals surface area contributed by atoms with Crippen LogP contribution in [0.5, 0.6) is 0 Å². The zero-order valence-corrected chi connectivity index (χ0v) is 18.7. The van der Waals surface area contributed by atoms with E-state index in [0.29, 0.717) is 5.56 Å². The molecule has 0 radical (unpaired) electrons. The van der Waals surface area contributed by atoms with E-state index in [4.69, 9.17) is 4.74 Å². The summed E-state index contributed by atoms with van der Waals surface area (Å²) in [6, 6.07) is 27.0. The Morgan fingerprint density at radius 3 is 1.81 bits per heavy atom. The number of carbonyl (C=O) groups excluding carboxylic acids is 2. The summed E-state index contributed by atoms with van der Waals surface area (Å²) in [6.45, 7) is 7.58. The van der Waals surface area contributed by atoms with Crippen molar-refractivity contribution in [1.82, 2.24) is 0 Å². The van der Waals surface area contributed by atoms with Gasteiger partial charge >= 0.3 is 5.97 Å². The number of hydrogen-bond donors (Lipinski definition) is 0. The van der Waals surface area contributed by atoms with Gasteiger partial charge in [0, 0.05) is 17.9 Å². The van der Waals surface area contributed by atoms with Crippen molar-refractivity contribution in [3.05, 3.63) is 107 Å². The Morgan fingerprint density at radius 1 is 0.774 bits per heavy atom. The van der Waals surface area contributed by atoms with Crippen LogP contribution in [0.2, 0.25) is 0 Å². The number of hydrogen-bond acceptors (Lipinski definition) is 3. The van der Waals surface area contributed by atoms with Crippen molar-refractivity contribution in [3.63, 3.8) is 0 Å². The Bertz CT molecular complexity index is 1000. The minimum absolute atomic E-state index is 0.0124. The number of ether oxygens (including phenoxy) is 1. The van der Waals surface area contributed by atoms with Crippen molar-refractivity contribution in [1.29, 1.82) is 0 Å². The van der Waals surface area contributed by atoms with Gasteiger partial charge in [0.25, 0.3) is 0 Å². The van der Waals surface area contributed by atoms with Gasteiger partial charge in [-0.1, -0.05) is 90.5 Å². The van der Waals surface area contributed by atoms with Crippen LogP contribution in [0, 0.1) is 6.92 Å². The first kappa shape index (κ1) is 22.5. The average Bonchev–Trinajstić information content (AvgIpc) is 2.74. The van der Waals surface area contributed by atoms with E-state index in [9.17, 15) is 9.59 Å². The van der Waals surface area contributed by atoms with E-state index in [1.807, 2.05) is 113 Å². The normalized spacial score (nSPS) is 13.3. The molecule has 0 aliphatic carbocycles. The molecule has 0 amide bonds. The molecule has 0 N–H and O–H groups in total. The summed E-state index contributed by atoms with van der Waals surface area (Å²) in [5.74, 6) is -1.23. The number of carbonyl (C=O) groups is 2. The van der Waals surface area contributed by atoms with Crippen LogP contribution in [0.25, 0.3) is 0 Å². The number of rotatable bonds is 7. The molecule has 160 valence electrons. The zero-order valence-electron chi connectivity index (χ0n) is 18.7. The first-order chi connectivity index (χ1) is 14.7. The first-order valence-electron chi connectivity index (χ1n) is 10.7. The fourth-order valence-electron chi connectivity index (χ4n) is 3.74. The standard InChI is InChI=1S/C28H30O3/c1-20-15-17-22(18-16-20)25(29)19-24(21-11-7-5-8-12-21)26(23-13-9-6-10-14-23)27(30)31-28(2,3)4/h5-18,24,26H,19H2,1-4H3/t24-,26-/m0/s1. The Hall–Kier alpha value is -3.20. The minimum Gasteiger partial charge on any atom is -0.459 e. The molecule has 0 bridgehead atoms. The number of Topliss-reactive ketones (excluding diaryl/α,β-unsaturated/α-hetero) is 1. The van der Waals surface area contributed by atoms with Gasteiger partial charge in [-0.3, -0.25) is 9.59 Å². The van der Waals surface area contributed by atoms with Gasteiger partial charge in [0.15, 0.2) is 5.78 Å². The van der Waals surface area contributed by atoms with Crippen molar-refractivity contribution in [3.8, 4) is 0 Å². The highest BCUT2D eigenvalue weighted by atomic mass is 16.6. The summed E-state index contributed by atoms with van der Waals surface area (Å²) < 4.78 is 5.81. The van der Waals surface area contributed by atoms with E-state index in [0.717, 1.165) is 16.7 Å². The molecule has 0 fully saturated rings. The number of benzene rings is 3. The van der Waals surface area contributed by atoms with Crippen LogP contribution in [0.1, 0.15) is 66.1 Å². The minimum atomic E-state index is -0.619. The summed E-state index contributed by atoms with van der Waals surface area (Å²) in [6.07, 6.45) is 0.214. The second kappa shape index (κ2) is 9.74. The van der Waals surface area contributed by atoms with Gasteiger partial charge in [-0.2, -0.15) is 0 Å². The van der Waals surface area contributed by atoms with Crippen molar-refractivity contribution in [2.75, 3.05) is 0 Å². The van der Waals surface area contributed by atoms with Crippen molar-refractivity contribution in [2.45, 2.75) is 51.6 Å². The monoisotopic (exact) mass is 414 g/mol. The molecule has 0 aliphatic rings. The smallest absolute Gasteiger partial charge is 0.314 e. The van der Waals surface area contributed by atoms with Crippen LogP contribution in [-0.4, -0.2) is 17.4 Å². The topological polar surface area (TPSA) is 43.4 Å². The molecule has 2 atom stereocenters. The quantitative estimate of drug-likeness (QED) is 0.328. The van der Waals surface area contributed by atoms with E-state index in [-0.39, 0.29) is 24.1 Å². The third-order valence-electron chi connectivity index (χ3n) is 5.23. The molecule has 0 unspecified atom stereocenters. The van der Waals surface area contributed by atoms with Gasteiger partial charge in [-0.25, -0.2) is 0 Å². The van der Waals surface area contributed by atoms with Crippen LogP contribution >= 0.6 is 0 Å². The lowest BCUT2D eigenvalue weighted by atomic mass is 9.77. The zero-order chi connectivity index (χ0) is 22.4. The molecule has 0 aliphatic heterocycles. The second-order valence-electron chi connectivity index (χ2n) is 8.93. The lowest BCUT2D eigenvalue weighted by Crippen LogP contribution is -2.31. The van der Waals surface area contributed by atoms with Crippen molar-refractivity contribution >= 4 is 11.8 Å². The number of ketones is 1. The maximum atomic E-state index is 13.4. The molecule has 0 aromatic heterocycles. The Labute approximate surface area is 185 Å². The van der Waals surface area contributed by atoms with Gasteiger partial charge in [-0.05, 0) is 38.8 Å². The molecular formula is C28H30O3. The van der Waals surface area contributed by atoms with E-state index < -0.39 is 11.5 Å². The fourth-order valence-corrected chi connectivity index (χ4v) is 3.74. The lowest BCUT2D eigenvalue weighted by molar-refractivity contribution is -0.157. The molecule has 0 saturated heterocycles. The highest BCUT2D eigenvalue weighted by molar-refractivity contribution is 5.97. The highest BCUT2D eigenvalue weighted by Crippen LogP contribution is 2.38. The van der Waals surface area contributed by atoms with Crippen molar-refractivity contribution < 1.29 is 14.3 Å². The summed E-state index contributed by atoms with van der Waals surface area (Å²) >= 11 is 0. The summed E-state index contributed by atoms with van der Waals surface area (Å²) in [5.41, 5.74) is 2.94. The van der Waals surface area contributed by atoms with Gasteiger partial charge in [0.05, 0.1) is 5.92 Å². The molecule has 31 heavy (non-hydrogen) atoms. The summed E-state index contributed by atoms with van der Waals surface area (Å²) in [5, 5.41) is 0. The Balaban J connectivity index is 2.04. The number of aryl methyl sites for hydroxylation is 1. The Morgan fingerprint density at radius 2 is 1.29 bits per heavy atom. The summed E-state index contributed by atoms with van der Waals surface area (Å²) in [4.78, 5) is 26.6. The SMILES string of the molecule is Cc1ccc(C(=O)C[C@@H](c2ccccc2)[C@@H](C(=O)OC(C)(C)C)c2ccccc2)cc1.